The molecule has 1 aliphatic rings. The first kappa shape index (κ1) is 13.1. The van der Waals surface area contributed by atoms with Crippen LogP contribution in [0.4, 0.5) is 5.88 Å². The zero-order valence-corrected chi connectivity index (χ0v) is 11.7. The van der Waals surface area contributed by atoms with Crippen LogP contribution in [0, 0.1) is 0 Å². The van der Waals surface area contributed by atoms with Crippen LogP contribution in [0.25, 0.3) is 0 Å². The molecule has 1 aromatic rings. The Morgan fingerprint density at radius 3 is 2.94 bits per heavy atom. The molecule has 2 rings (SSSR count). The van der Waals surface area contributed by atoms with Gasteiger partial charge in [-0.15, -0.1) is 0 Å². The number of hydrogen-bond donors (Lipinski definition) is 0. The van der Waals surface area contributed by atoms with Crippen LogP contribution in [0.15, 0.2) is 14.1 Å². The van der Waals surface area contributed by atoms with Gasteiger partial charge in [0.2, 0.25) is 5.27 Å². The third kappa shape index (κ3) is 2.92. The average molecular weight is 319 g/mol. The molecular weight excluding hydrogens is 304 g/mol. The van der Waals surface area contributed by atoms with Crippen LogP contribution in [0.5, 0.6) is 0 Å². The van der Waals surface area contributed by atoms with Gasteiger partial charge in [-0.05, 0) is 25.9 Å². The van der Waals surface area contributed by atoms with Gasteiger partial charge in [-0.1, -0.05) is 6.92 Å². The van der Waals surface area contributed by atoms with Crippen molar-refractivity contribution in [2.24, 2.45) is 4.99 Å². The molecule has 0 aromatic carbocycles. The van der Waals surface area contributed by atoms with Crippen LogP contribution in [-0.4, -0.2) is 31.1 Å². The van der Waals surface area contributed by atoms with Crippen LogP contribution in [0.1, 0.15) is 26.2 Å². The van der Waals surface area contributed by atoms with E-state index in [9.17, 15) is 5.11 Å². The maximum absolute atomic E-state index is 11.2. The van der Waals surface area contributed by atoms with E-state index in [4.69, 9.17) is 9.26 Å². The zero-order chi connectivity index (χ0) is 13.0. The maximum atomic E-state index is 11.2. The van der Waals surface area contributed by atoms with E-state index in [2.05, 4.69) is 26.2 Å². The van der Waals surface area contributed by atoms with E-state index in [1.807, 2.05) is 5.01 Å². The number of rotatable bonds is 3. The summed E-state index contributed by atoms with van der Waals surface area (Å²) in [5.74, 6) is 0.124. The summed E-state index contributed by atoms with van der Waals surface area (Å²) in [5, 5.41) is 17.1. The van der Waals surface area contributed by atoms with E-state index < -0.39 is 6.08 Å². The van der Waals surface area contributed by atoms with Crippen molar-refractivity contribution in [3.05, 3.63) is 4.60 Å². The van der Waals surface area contributed by atoms with E-state index in [1.54, 1.807) is 11.7 Å². The standard InChI is InChI=1S/C10H15BrN4O3/c1-2-17-10(16)12-9-8(11)15(13-18-9)14-6-4-3-5-7-14/h2-7H2,1H3. The van der Waals surface area contributed by atoms with Gasteiger partial charge in [0.25, 0.3) is 0 Å². The molecule has 0 unspecified atom stereocenters. The number of hydrogen-bond acceptors (Lipinski definition) is 6. The van der Waals surface area contributed by atoms with Crippen molar-refractivity contribution in [1.29, 1.82) is 0 Å². The van der Waals surface area contributed by atoms with Gasteiger partial charge in [-0.2, -0.15) is 10.0 Å². The highest BCUT2D eigenvalue weighted by molar-refractivity contribution is 9.10. The van der Waals surface area contributed by atoms with Gasteiger partial charge in [0.1, 0.15) is 0 Å². The van der Waals surface area contributed by atoms with Gasteiger partial charge in [-0.3, -0.25) is 4.52 Å². The first-order valence-corrected chi connectivity index (χ1v) is 6.73. The molecular formula is C10H15BrN4O3. The predicted molar refractivity (Wildman–Crippen MR) is 64.9 cm³/mol. The summed E-state index contributed by atoms with van der Waals surface area (Å²) >= 11 is 3.33. The van der Waals surface area contributed by atoms with E-state index >= 15 is 0 Å². The smallest absolute Gasteiger partial charge is 0.374 e. The normalized spacial score (nSPS) is 17.0. The van der Waals surface area contributed by atoms with Gasteiger partial charge in [0.15, 0.2) is 6.08 Å². The lowest BCUT2D eigenvalue weighted by Gasteiger charge is -2.18. The Morgan fingerprint density at radius 2 is 2.28 bits per heavy atom. The third-order valence-corrected chi connectivity index (χ3v) is 3.27. The van der Waals surface area contributed by atoms with Crippen molar-refractivity contribution in [3.63, 3.8) is 0 Å². The maximum Gasteiger partial charge on any atom is 0.374 e. The highest BCUT2D eigenvalue weighted by Gasteiger charge is 2.29. The average Bonchev–Trinajstić information content (AvgIpc) is 2.72. The number of piperidine rings is 1. The molecule has 0 bridgehead atoms. The van der Waals surface area contributed by atoms with Crippen LogP contribution >= 0.6 is 15.9 Å². The number of nitrogens with zero attached hydrogens (tertiary/aromatic N) is 4. The summed E-state index contributed by atoms with van der Waals surface area (Å²) in [6, 6.07) is 0. The summed E-state index contributed by atoms with van der Waals surface area (Å²) in [6.45, 7) is 3.82. The van der Waals surface area contributed by atoms with Gasteiger partial charge in [0, 0.05) is 15.9 Å². The Morgan fingerprint density at radius 1 is 1.56 bits per heavy atom. The number of aromatic nitrogens is 2. The number of halogens is 1. The second-order valence-corrected chi connectivity index (χ2v) is 4.63. The van der Waals surface area contributed by atoms with Crippen LogP contribution in [0.3, 0.4) is 0 Å². The fourth-order valence-electron chi connectivity index (χ4n) is 1.78. The van der Waals surface area contributed by atoms with Crippen molar-refractivity contribution >= 4 is 27.9 Å². The van der Waals surface area contributed by atoms with Crippen molar-refractivity contribution in [2.75, 3.05) is 24.7 Å². The summed E-state index contributed by atoms with van der Waals surface area (Å²) in [7, 11) is 0. The lowest BCUT2D eigenvalue weighted by Crippen LogP contribution is -2.61. The molecule has 0 radical (unpaired) electrons. The minimum Gasteiger partial charge on any atom is -0.600 e. The highest BCUT2D eigenvalue weighted by Crippen LogP contribution is 2.21. The monoisotopic (exact) mass is 318 g/mol. The molecule has 0 atom stereocenters. The Bertz CT molecular complexity index is 429. The van der Waals surface area contributed by atoms with Gasteiger partial charge in [-0.25, -0.2) is 0 Å². The molecule has 1 aromatic heterocycles. The quantitative estimate of drug-likeness (QED) is 0.453. The molecule has 100 valence electrons. The molecule has 0 spiro atoms. The van der Waals surface area contributed by atoms with Gasteiger partial charge in [0.05, 0.1) is 17.9 Å². The molecule has 1 fully saturated rings. The minimum absolute atomic E-state index is 0.124. The lowest BCUT2D eigenvalue weighted by atomic mass is 10.2. The molecule has 0 saturated carbocycles. The van der Waals surface area contributed by atoms with Crippen LogP contribution in [0.2, 0.25) is 0 Å². The fourth-order valence-corrected chi connectivity index (χ4v) is 2.23. The van der Waals surface area contributed by atoms with E-state index in [-0.39, 0.29) is 12.5 Å². The zero-order valence-electron chi connectivity index (χ0n) is 10.1. The SMILES string of the molecule is CCOC([O-])=Nc1on[n+](N2CCCCC2)c1Br. The molecule has 1 aliphatic heterocycles. The fraction of sp³-hybridized carbons (Fsp3) is 0.700. The van der Waals surface area contributed by atoms with Crippen LogP contribution in [-0.2, 0) is 4.74 Å². The third-order valence-electron chi connectivity index (χ3n) is 2.62. The van der Waals surface area contributed by atoms with Crippen molar-refractivity contribution in [2.45, 2.75) is 26.2 Å². The van der Waals surface area contributed by atoms with E-state index in [0.29, 0.717) is 4.60 Å². The summed E-state index contributed by atoms with van der Waals surface area (Å²) in [6.07, 6.45) is 2.79. The highest BCUT2D eigenvalue weighted by atomic mass is 79.9. The molecule has 0 N–H and O–H groups in total. The largest absolute Gasteiger partial charge is 0.600 e. The van der Waals surface area contributed by atoms with Crippen molar-refractivity contribution < 1.29 is 19.2 Å². The Balaban J connectivity index is 2.15. The minimum atomic E-state index is -0.680. The Kier molecular flexibility index (Phi) is 4.40. The molecule has 7 nitrogen and oxygen atoms in total. The second-order valence-electron chi connectivity index (χ2n) is 3.88. The number of ether oxygens (including phenoxy) is 1. The Hall–Kier alpha value is -1.31. The summed E-state index contributed by atoms with van der Waals surface area (Å²) in [5.41, 5.74) is 0. The molecule has 2 heterocycles. The van der Waals surface area contributed by atoms with Gasteiger partial charge < -0.3 is 9.84 Å². The van der Waals surface area contributed by atoms with Crippen molar-refractivity contribution in [1.82, 2.24) is 5.27 Å². The molecule has 0 amide bonds. The molecule has 0 aliphatic carbocycles. The number of aliphatic imine (C=N–C) groups is 1. The van der Waals surface area contributed by atoms with E-state index in [1.165, 1.54) is 6.42 Å². The van der Waals surface area contributed by atoms with E-state index in [0.717, 1.165) is 25.9 Å². The first-order chi connectivity index (χ1) is 8.72. The lowest BCUT2D eigenvalue weighted by molar-refractivity contribution is -0.768. The predicted octanol–water partition coefficient (Wildman–Crippen LogP) is 0.231. The second kappa shape index (κ2) is 6.03. The Labute approximate surface area is 113 Å². The summed E-state index contributed by atoms with van der Waals surface area (Å²) < 4.78 is 10.3. The van der Waals surface area contributed by atoms with Gasteiger partial charge >= 0.3 is 10.5 Å². The summed E-state index contributed by atoms with van der Waals surface area (Å²) in [4.78, 5) is 5.27. The molecule has 18 heavy (non-hydrogen) atoms. The van der Waals surface area contributed by atoms with Crippen LogP contribution < -0.4 is 14.9 Å². The topological polar surface area (TPSA) is 77.8 Å². The molecule has 1 saturated heterocycles. The molecule has 8 heteroatoms. The van der Waals surface area contributed by atoms with Crippen molar-refractivity contribution in [3.8, 4) is 0 Å². The first-order valence-electron chi connectivity index (χ1n) is 5.93.